The van der Waals surface area contributed by atoms with Crippen LogP contribution in [0.25, 0.3) is 0 Å². The summed E-state index contributed by atoms with van der Waals surface area (Å²) in [4.78, 5) is 0. The van der Waals surface area contributed by atoms with Crippen molar-refractivity contribution in [1.29, 1.82) is 0 Å². The number of rotatable bonds is 3. The number of nitrogens with two attached hydrogens (primary N) is 1. The van der Waals surface area contributed by atoms with Crippen molar-refractivity contribution >= 4 is 21.7 Å². The molecule has 0 fully saturated rings. The maximum Gasteiger partial charge on any atom is 0.169 e. The van der Waals surface area contributed by atoms with Crippen LogP contribution >= 0.6 is 15.9 Å². The summed E-state index contributed by atoms with van der Waals surface area (Å²) in [6.45, 7) is 2.75. The third kappa shape index (κ3) is 2.24. The van der Waals surface area contributed by atoms with Crippen LogP contribution in [0.1, 0.15) is 18.2 Å². The minimum absolute atomic E-state index is 0.525. The smallest absolute Gasteiger partial charge is 0.169 e. The minimum Gasteiger partial charge on any atom is -0.381 e. The zero-order valence-electron chi connectivity index (χ0n) is 9.02. The summed E-state index contributed by atoms with van der Waals surface area (Å²) in [5.41, 5.74) is 7.89. The van der Waals surface area contributed by atoms with Crippen LogP contribution in [0.15, 0.2) is 28.7 Å². The molecule has 0 amide bonds. The molecular weight excluding hydrogens is 268 g/mol. The van der Waals surface area contributed by atoms with E-state index in [1.54, 1.807) is 0 Å². The van der Waals surface area contributed by atoms with Crippen LogP contribution in [0.5, 0.6) is 0 Å². The van der Waals surface area contributed by atoms with Crippen molar-refractivity contribution in [2.45, 2.75) is 19.9 Å². The van der Waals surface area contributed by atoms with Gasteiger partial charge in [-0.25, -0.2) is 4.68 Å². The molecule has 2 N–H and O–H groups in total. The van der Waals surface area contributed by atoms with E-state index in [2.05, 4.69) is 38.4 Å². The maximum absolute atomic E-state index is 5.73. The Bertz CT molecular complexity index is 492. The first kappa shape index (κ1) is 11.1. The predicted octanol–water partition coefficient (Wildman–Crippen LogP) is 2.23. The van der Waals surface area contributed by atoms with Crippen LogP contribution in [0.3, 0.4) is 0 Å². The lowest BCUT2D eigenvalue weighted by Crippen LogP contribution is -2.06. The fourth-order valence-corrected chi connectivity index (χ4v) is 2.09. The van der Waals surface area contributed by atoms with Crippen LogP contribution in [0.4, 0.5) is 5.82 Å². The highest BCUT2D eigenvalue weighted by Gasteiger charge is 2.08. The van der Waals surface area contributed by atoms with E-state index in [1.165, 1.54) is 5.56 Å². The molecule has 5 heteroatoms. The van der Waals surface area contributed by atoms with Crippen molar-refractivity contribution < 1.29 is 0 Å². The second kappa shape index (κ2) is 4.65. The van der Waals surface area contributed by atoms with E-state index in [-0.39, 0.29) is 0 Å². The number of aromatic nitrogens is 3. The first-order chi connectivity index (χ1) is 7.70. The first-order valence-corrected chi connectivity index (χ1v) is 5.92. The third-order valence-corrected chi connectivity index (χ3v) is 2.92. The minimum atomic E-state index is 0.525. The Labute approximate surface area is 103 Å². The molecule has 0 atom stereocenters. The summed E-state index contributed by atoms with van der Waals surface area (Å²) in [5.74, 6) is 0.525. The molecule has 84 valence electrons. The molecule has 0 bridgehead atoms. The van der Waals surface area contributed by atoms with E-state index < -0.39 is 0 Å². The Balaban J connectivity index is 2.27. The highest BCUT2D eigenvalue weighted by molar-refractivity contribution is 9.10. The van der Waals surface area contributed by atoms with E-state index >= 15 is 0 Å². The quantitative estimate of drug-likeness (QED) is 0.938. The fourth-order valence-electron chi connectivity index (χ4n) is 1.65. The standard InChI is InChI=1S/C11H13BrN4/c1-2-10-11(13)14-15-16(10)7-8-4-3-5-9(12)6-8/h3-6H,2,7,13H2,1H3. The van der Waals surface area contributed by atoms with Crippen LogP contribution in [0, 0.1) is 0 Å². The molecule has 1 aromatic heterocycles. The normalized spacial score (nSPS) is 10.6. The molecule has 0 aliphatic carbocycles. The summed E-state index contributed by atoms with van der Waals surface area (Å²) in [7, 11) is 0. The van der Waals surface area contributed by atoms with Crippen molar-refractivity contribution in [2.75, 3.05) is 5.73 Å². The lowest BCUT2D eigenvalue weighted by atomic mass is 10.2. The number of hydrogen-bond donors (Lipinski definition) is 1. The first-order valence-electron chi connectivity index (χ1n) is 5.13. The number of anilines is 1. The van der Waals surface area contributed by atoms with E-state index in [9.17, 15) is 0 Å². The van der Waals surface area contributed by atoms with Gasteiger partial charge < -0.3 is 5.73 Å². The molecule has 0 aliphatic heterocycles. The molecular formula is C11H13BrN4. The Kier molecular flexibility index (Phi) is 3.24. The fraction of sp³-hybridized carbons (Fsp3) is 0.273. The molecule has 0 saturated heterocycles. The number of hydrogen-bond acceptors (Lipinski definition) is 3. The van der Waals surface area contributed by atoms with Crippen molar-refractivity contribution in [3.8, 4) is 0 Å². The van der Waals surface area contributed by atoms with Gasteiger partial charge in [-0.1, -0.05) is 40.2 Å². The number of halogens is 1. The van der Waals surface area contributed by atoms with E-state index in [0.29, 0.717) is 12.4 Å². The molecule has 16 heavy (non-hydrogen) atoms. The maximum atomic E-state index is 5.73. The zero-order chi connectivity index (χ0) is 11.5. The van der Waals surface area contributed by atoms with Gasteiger partial charge in [0.15, 0.2) is 5.82 Å². The summed E-state index contributed by atoms with van der Waals surface area (Å²) >= 11 is 3.45. The van der Waals surface area contributed by atoms with Crippen LogP contribution in [0.2, 0.25) is 0 Å². The highest BCUT2D eigenvalue weighted by atomic mass is 79.9. The van der Waals surface area contributed by atoms with E-state index in [0.717, 1.165) is 16.6 Å². The molecule has 2 rings (SSSR count). The van der Waals surface area contributed by atoms with Crippen molar-refractivity contribution in [3.05, 3.63) is 40.0 Å². The third-order valence-electron chi connectivity index (χ3n) is 2.42. The van der Waals surface area contributed by atoms with Gasteiger partial charge in [0.25, 0.3) is 0 Å². The monoisotopic (exact) mass is 280 g/mol. The Morgan fingerprint density at radius 3 is 2.94 bits per heavy atom. The topological polar surface area (TPSA) is 56.7 Å². The van der Waals surface area contributed by atoms with E-state index in [4.69, 9.17) is 5.73 Å². The molecule has 4 nitrogen and oxygen atoms in total. The van der Waals surface area contributed by atoms with Crippen molar-refractivity contribution in [2.24, 2.45) is 0 Å². The lowest BCUT2D eigenvalue weighted by molar-refractivity contribution is 0.622. The lowest BCUT2D eigenvalue weighted by Gasteiger charge is -2.05. The Morgan fingerprint density at radius 2 is 2.25 bits per heavy atom. The van der Waals surface area contributed by atoms with Gasteiger partial charge in [-0.05, 0) is 24.1 Å². The summed E-state index contributed by atoms with van der Waals surface area (Å²) in [6.07, 6.45) is 0.840. The molecule has 0 spiro atoms. The Hall–Kier alpha value is -1.36. The molecule has 0 aliphatic rings. The SMILES string of the molecule is CCc1c(N)nnn1Cc1cccc(Br)c1. The average Bonchev–Trinajstić information content (AvgIpc) is 2.59. The summed E-state index contributed by atoms with van der Waals surface area (Å²) in [6, 6.07) is 8.13. The van der Waals surface area contributed by atoms with Crippen LogP contribution in [-0.2, 0) is 13.0 Å². The van der Waals surface area contributed by atoms with Crippen LogP contribution < -0.4 is 5.73 Å². The molecule has 1 heterocycles. The van der Waals surface area contributed by atoms with Gasteiger partial charge in [-0.2, -0.15) is 0 Å². The predicted molar refractivity (Wildman–Crippen MR) is 67.1 cm³/mol. The molecule has 1 aromatic carbocycles. The summed E-state index contributed by atoms with van der Waals surface area (Å²) < 4.78 is 2.91. The van der Waals surface area contributed by atoms with Gasteiger partial charge in [0.2, 0.25) is 0 Å². The molecule has 0 saturated carbocycles. The van der Waals surface area contributed by atoms with Gasteiger partial charge in [0.05, 0.1) is 12.2 Å². The van der Waals surface area contributed by atoms with Gasteiger partial charge in [0, 0.05) is 4.47 Å². The van der Waals surface area contributed by atoms with Crippen molar-refractivity contribution in [3.63, 3.8) is 0 Å². The largest absolute Gasteiger partial charge is 0.381 e. The van der Waals surface area contributed by atoms with Gasteiger partial charge in [-0.3, -0.25) is 0 Å². The van der Waals surface area contributed by atoms with Crippen LogP contribution in [-0.4, -0.2) is 15.0 Å². The van der Waals surface area contributed by atoms with E-state index in [1.807, 2.05) is 23.7 Å². The number of nitrogen functional groups attached to an aromatic ring is 1. The Morgan fingerprint density at radius 1 is 1.44 bits per heavy atom. The zero-order valence-corrected chi connectivity index (χ0v) is 10.6. The second-order valence-corrected chi connectivity index (χ2v) is 4.48. The number of nitrogens with zero attached hydrogens (tertiary/aromatic N) is 3. The van der Waals surface area contributed by atoms with Crippen molar-refractivity contribution in [1.82, 2.24) is 15.0 Å². The molecule has 2 aromatic rings. The van der Waals surface area contributed by atoms with Gasteiger partial charge in [-0.15, -0.1) is 5.10 Å². The second-order valence-electron chi connectivity index (χ2n) is 3.56. The average molecular weight is 281 g/mol. The highest BCUT2D eigenvalue weighted by Crippen LogP contribution is 2.14. The molecule has 0 unspecified atom stereocenters. The van der Waals surface area contributed by atoms with Gasteiger partial charge >= 0.3 is 0 Å². The van der Waals surface area contributed by atoms with Gasteiger partial charge in [0.1, 0.15) is 0 Å². The molecule has 0 radical (unpaired) electrons. The number of benzene rings is 1. The summed E-state index contributed by atoms with van der Waals surface area (Å²) in [5, 5.41) is 7.92.